The van der Waals surface area contributed by atoms with Gasteiger partial charge in [-0.25, -0.2) is 0 Å². The minimum absolute atomic E-state index is 0.803. The maximum absolute atomic E-state index is 5.96. The van der Waals surface area contributed by atoms with Gasteiger partial charge >= 0.3 is 0 Å². The zero-order valence-corrected chi connectivity index (χ0v) is 17.2. The van der Waals surface area contributed by atoms with Crippen LogP contribution in [0.4, 0.5) is 0 Å². The van der Waals surface area contributed by atoms with Gasteiger partial charge in [0.1, 0.15) is 11.5 Å². The third-order valence-electron chi connectivity index (χ3n) is 5.82. The largest absolute Gasteiger partial charge is 0.494 e. The molecule has 1 aromatic rings. The van der Waals surface area contributed by atoms with E-state index >= 15 is 0 Å². The fourth-order valence-corrected chi connectivity index (χ4v) is 4.20. The predicted molar refractivity (Wildman–Crippen MR) is 111 cm³/mol. The van der Waals surface area contributed by atoms with Crippen LogP contribution >= 0.6 is 0 Å². The van der Waals surface area contributed by atoms with Crippen molar-refractivity contribution in [3.8, 4) is 11.5 Å². The molecule has 0 spiro atoms. The first-order valence-electron chi connectivity index (χ1n) is 11.2. The highest BCUT2D eigenvalue weighted by Gasteiger charge is 2.24. The highest BCUT2D eigenvalue weighted by molar-refractivity contribution is 5.31. The topological polar surface area (TPSA) is 18.5 Å². The molecule has 1 fully saturated rings. The fourth-order valence-electron chi connectivity index (χ4n) is 4.20. The van der Waals surface area contributed by atoms with Crippen molar-refractivity contribution < 1.29 is 9.47 Å². The molecule has 26 heavy (non-hydrogen) atoms. The van der Waals surface area contributed by atoms with Crippen molar-refractivity contribution in [1.29, 1.82) is 0 Å². The van der Waals surface area contributed by atoms with Crippen LogP contribution in [-0.4, -0.2) is 13.2 Å². The maximum atomic E-state index is 5.96. The van der Waals surface area contributed by atoms with Crippen LogP contribution in [0.15, 0.2) is 24.3 Å². The zero-order valence-electron chi connectivity index (χ0n) is 17.2. The van der Waals surface area contributed by atoms with E-state index in [-0.39, 0.29) is 0 Å². The lowest BCUT2D eigenvalue weighted by molar-refractivity contribution is 0.190. The Morgan fingerprint density at radius 1 is 0.692 bits per heavy atom. The first-order valence-corrected chi connectivity index (χ1v) is 11.2. The monoisotopic (exact) mass is 360 g/mol. The van der Waals surface area contributed by atoms with E-state index in [0.29, 0.717) is 0 Å². The molecule has 1 aromatic carbocycles. The summed E-state index contributed by atoms with van der Waals surface area (Å²) in [4.78, 5) is 0. The van der Waals surface area contributed by atoms with Gasteiger partial charge in [-0.05, 0) is 55.4 Å². The molecule has 0 amide bonds. The third kappa shape index (κ3) is 8.01. The summed E-state index contributed by atoms with van der Waals surface area (Å²) in [6.07, 6.45) is 16.2. The molecule has 1 saturated carbocycles. The molecule has 0 saturated heterocycles. The van der Waals surface area contributed by atoms with E-state index in [1.54, 1.807) is 0 Å². The van der Waals surface area contributed by atoms with Crippen LogP contribution in [-0.2, 0) is 0 Å². The molecule has 0 radical (unpaired) electrons. The van der Waals surface area contributed by atoms with Crippen LogP contribution in [0.3, 0.4) is 0 Å². The lowest BCUT2D eigenvalue weighted by Gasteiger charge is -2.31. The van der Waals surface area contributed by atoms with Crippen LogP contribution in [0, 0.1) is 11.8 Å². The quantitative estimate of drug-likeness (QED) is 0.341. The molecule has 1 aliphatic rings. The first-order chi connectivity index (χ1) is 12.8. The smallest absolute Gasteiger partial charge is 0.119 e. The second kappa shape index (κ2) is 13.1. The lowest BCUT2D eigenvalue weighted by Crippen LogP contribution is -2.20. The Hall–Kier alpha value is -1.18. The Kier molecular flexibility index (Phi) is 10.6. The van der Waals surface area contributed by atoms with Gasteiger partial charge in [-0.15, -0.1) is 0 Å². The van der Waals surface area contributed by atoms with Crippen LogP contribution in [0.1, 0.15) is 90.9 Å². The number of hydrogen-bond donors (Lipinski definition) is 0. The molecular weight excluding hydrogens is 320 g/mol. The van der Waals surface area contributed by atoms with E-state index in [9.17, 15) is 0 Å². The molecule has 0 bridgehead atoms. The van der Waals surface area contributed by atoms with Crippen LogP contribution in [0.2, 0.25) is 0 Å². The van der Waals surface area contributed by atoms with Gasteiger partial charge in [0.05, 0.1) is 13.2 Å². The van der Waals surface area contributed by atoms with Gasteiger partial charge in [0.15, 0.2) is 0 Å². The molecule has 0 aromatic heterocycles. The Labute approximate surface area is 161 Å². The molecule has 0 heterocycles. The Bertz CT molecular complexity index is 454. The number of hydrogen-bond acceptors (Lipinski definition) is 2. The zero-order chi connectivity index (χ0) is 18.5. The third-order valence-corrected chi connectivity index (χ3v) is 5.82. The van der Waals surface area contributed by atoms with E-state index < -0.39 is 0 Å². The minimum atomic E-state index is 0.803. The highest BCUT2D eigenvalue weighted by Crippen LogP contribution is 2.36. The molecular formula is C24H40O2. The molecule has 0 N–H and O–H groups in total. The van der Waals surface area contributed by atoms with Crippen molar-refractivity contribution in [3.05, 3.63) is 24.3 Å². The number of unbranched alkanes of at least 4 members (excludes halogenated alkanes) is 3. The second-order valence-corrected chi connectivity index (χ2v) is 7.96. The molecule has 2 rings (SSSR count). The van der Waals surface area contributed by atoms with Gasteiger partial charge < -0.3 is 9.47 Å². The molecule has 2 nitrogen and oxygen atoms in total. The molecule has 1 aliphatic carbocycles. The summed E-state index contributed by atoms with van der Waals surface area (Å²) in [5.41, 5.74) is 0. The average Bonchev–Trinajstić information content (AvgIpc) is 2.68. The number of rotatable bonds is 13. The summed E-state index contributed by atoms with van der Waals surface area (Å²) in [6, 6.07) is 8.12. The van der Waals surface area contributed by atoms with Crippen LogP contribution < -0.4 is 9.47 Å². The maximum Gasteiger partial charge on any atom is 0.119 e. The SMILES string of the molecule is CCCCCC1CCCCC1CCCOc1ccc(OCCCC)cc1. The Balaban J connectivity index is 1.63. The van der Waals surface area contributed by atoms with Crippen LogP contribution in [0.25, 0.3) is 0 Å². The Morgan fingerprint density at radius 2 is 1.19 bits per heavy atom. The van der Waals surface area contributed by atoms with Crippen molar-refractivity contribution in [2.24, 2.45) is 11.8 Å². The molecule has 0 aliphatic heterocycles. The van der Waals surface area contributed by atoms with Crippen LogP contribution in [0.5, 0.6) is 11.5 Å². The molecule has 148 valence electrons. The molecule has 2 unspecified atom stereocenters. The van der Waals surface area contributed by atoms with Crippen molar-refractivity contribution in [1.82, 2.24) is 0 Å². The average molecular weight is 361 g/mol. The van der Waals surface area contributed by atoms with E-state index in [4.69, 9.17) is 9.47 Å². The summed E-state index contributed by atoms with van der Waals surface area (Å²) in [7, 11) is 0. The summed E-state index contributed by atoms with van der Waals surface area (Å²) < 4.78 is 11.7. The lowest BCUT2D eigenvalue weighted by atomic mass is 9.74. The van der Waals surface area contributed by atoms with E-state index in [0.717, 1.165) is 43.0 Å². The molecule has 2 heteroatoms. The molecule has 2 atom stereocenters. The van der Waals surface area contributed by atoms with Gasteiger partial charge in [-0.2, -0.15) is 0 Å². The van der Waals surface area contributed by atoms with E-state index in [1.165, 1.54) is 70.6 Å². The second-order valence-electron chi connectivity index (χ2n) is 7.96. The fraction of sp³-hybridized carbons (Fsp3) is 0.750. The first kappa shape index (κ1) is 21.1. The van der Waals surface area contributed by atoms with E-state index in [2.05, 4.69) is 13.8 Å². The van der Waals surface area contributed by atoms with Crippen molar-refractivity contribution in [2.75, 3.05) is 13.2 Å². The van der Waals surface area contributed by atoms with Gasteiger partial charge in [0.25, 0.3) is 0 Å². The van der Waals surface area contributed by atoms with Crippen molar-refractivity contribution in [3.63, 3.8) is 0 Å². The number of ether oxygens (including phenoxy) is 2. The summed E-state index contributed by atoms with van der Waals surface area (Å²) in [5, 5.41) is 0. The summed E-state index contributed by atoms with van der Waals surface area (Å²) >= 11 is 0. The van der Waals surface area contributed by atoms with Crippen molar-refractivity contribution in [2.45, 2.75) is 90.9 Å². The number of benzene rings is 1. The van der Waals surface area contributed by atoms with E-state index in [1.807, 2.05) is 24.3 Å². The minimum Gasteiger partial charge on any atom is -0.494 e. The van der Waals surface area contributed by atoms with Gasteiger partial charge in [-0.1, -0.05) is 71.6 Å². The van der Waals surface area contributed by atoms with Gasteiger partial charge in [0, 0.05) is 0 Å². The van der Waals surface area contributed by atoms with Gasteiger partial charge in [0.2, 0.25) is 0 Å². The van der Waals surface area contributed by atoms with Gasteiger partial charge in [-0.3, -0.25) is 0 Å². The summed E-state index contributed by atoms with van der Waals surface area (Å²) in [5.74, 6) is 3.84. The standard InChI is InChI=1S/C24H40O2/c1-3-5-7-11-21-12-8-9-13-22(21)14-10-20-26-24-17-15-23(16-18-24)25-19-6-4-2/h15-18,21-22H,3-14,19-20H2,1-2H3. The Morgan fingerprint density at radius 3 is 1.73 bits per heavy atom. The highest BCUT2D eigenvalue weighted by atomic mass is 16.5. The predicted octanol–water partition coefficient (Wildman–Crippen LogP) is 7.41. The normalized spacial score (nSPS) is 20.1. The van der Waals surface area contributed by atoms with Crippen molar-refractivity contribution >= 4 is 0 Å². The summed E-state index contributed by atoms with van der Waals surface area (Å²) in [6.45, 7) is 6.13.